The van der Waals surface area contributed by atoms with Gasteiger partial charge in [-0.25, -0.2) is 0 Å². The number of benzene rings is 2. The lowest BCUT2D eigenvalue weighted by molar-refractivity contribution is -0.384. The van der Waals surface area contributed by atoms with Crippen molar-refractivity contribution in [3.63, 3.8) is 0 Å². The molecule has 33 heavy (non-hydrogen) atoms. The van der Waals surface area contributed by atoms with Gasteiger partial charge in [0.1, 0.15) is 5.76 Å². The molecule has 2 aromatic carbocycles. The number of nitrogens with zero attached hydrogens (tertiary/aromatic N) is 2. The van der Waals surface area contributed by atoms with Gasteiger partial charge in [0.25, 0.3) is 17.4 Å². The van der Waals surface area contributed by atoms with Crippen LogP contribution in [0.2, 0.25) is 0 Å². The zero-order chi connectivity index (χ0) is 24.1. The third kappa shape index (κ3) is 5.46. The van der Waals surface area contributed by atoms with Crippen LogP contribution in [0.25, 0.3) is 5.76 Å². The number of aliphatic carboxylic acids is 1. The van der Waals surface area contributed by atoms with E-state index in [9.17, 15) is 29.6 Å². The lowest BCUT2D eigenvalue weighted by atomic mass is 9.95. The van der Waals surface area contributed by atoms with Crippen molar-refractivity contribution in [2.24, 2.45) is 0 Å². The average molecular weight is 517 g/mol. The number of amides is 1. The number of nitro groups is 1. The number of carbonyl (C=O) groups excluding carboxylic acids is 2. The molecule has 1 unspecified atom stereocenters. The van der Waals surface area contributed by atoms with Crippen LogP contribution < -0.4 is 0 Å². The predicted octanol–water partition coefficient (Wildman–Crippen LogP) is 4.42. The molecule has 3 rings (SSSR count). The topological polar surface area (TPSA) is 138 Å². The highest BCUT2D eigenvalue weighted by atomic mass is 79.9. The van der Waals surface area contributed by atoms with Crippen molar-refractivity contribution in [3.8, 4) is 0 Å². The highest BCUT2D eigenvalue weighted by Crippen LogP contribution is 2.40. The normalized spacial score (nSPS) is 17.4. The zero-order valence-corrected chi connectivity index (χ0v) is 19.0. The first kappa shape index (κ1) is 24.1. The molecule has 9 nitrogen and oxygen atoms in total. The van der Waals surface area contributed by atoms with Crippen molar-refractivity contribution in [1.82, 2.24) is 4.90 Å². The zero-order valence-electron chi connectivity index (χ0n) is 17.4. The van der Waals surface area contributed by atoms with Crippen molar-refractivity contribution < 1.29 is 29.5 Å². The number of Topliss-reactive ketones (excluding diaryl/α,β-unsaturated/α-hetero) is 1. The average Bonchev–Trinajstić information content (AvgIpc) is 3.03. The predicted molar refractivity (Wildman–Crippen MR) is 122 cm³/mol. The molecular formula is C23H21BrN2O7. The molecule has 1 saturated heterocycles. The van der Waals surface area contributed by atoms with E-state index >= 15 is 0 Å². The quantitative estimate of drug-likeness (QED) is 0.125. The minimum absolute atomic E-state index is 0.0229. The Morgan fingerprint density at radius 2 is 1.64 bits per heavy atom. The molecule has 1 atom stereocenters. The van der Waals surface area contributed by atoms with Gasteiger partial charge in [-0.15, -0.1) is 0 Å². The molecule has 0 saturated carbocycles. The molecule has 10 heteroatoms. The van der Waals surface area contributed by atoms with E-state index in [0.29, 0.717) is 24.8 Å². The Hall–Kier alpha value is -3.53. The SMILES string of the molecule is O=C(O)CCCCCN1C(=O)C(=O)/C(=C(/O)c2ccc([N+](=O)[O-])cc2)C1c1ccc(Br)cc1. The number of rotatable bonds is 9. The number of unbranched alkanes of at least 4 members (excludes halogenated alkanes) is 2. The van der Waals surface area contributed by atoms with Crippen LogP contribution in [0.3, 0.4) is 0 Å². The van der Waals surface area contributed by atoms with E-state index in [4.69, 9.17) is 5.11 Å². The first-order valence-corrected chi connectivity index (χ1v) is 11.0. The summed E-state index contributed by atoms with van der Waals surface area (Å²) in [6, 6.07) is 11.2. The van der Waals surface area contributed by atoms with Gasteiger partial charge in [-0.05, 0) is 42.7 Å². The molecule has 1 aliphatic heterocycles. The molecule has 1 heterocycles. The lowest BCUT2D eigenvalue weighted by Crippen LogP contribution is -2.30. The lowest BCUT2D eigenvalue weighted by Gasteiger charge is -2.25. The minimum Gasteiger partial charge on any atom is -0.507 e. The molecule has 0 radical (unpaired) electrons. The van der Waals surface area contributed by atoms with Crippen molar-refractivity contribution >= 4 is 45.0 Å². The van der Waals surface area contributed by atoms with Gasteiger partial charge in [-0.2, -0.15) is 0 Å². The number of non-ortho nitro benzene ring substituents is 1. The van der Waals surface area contributed by atoms with E-state index in [1.807, 2.05) is 0 Å². The summed E-state index contributed by atoms with van der Waals surface area (Å²) in [5.74, 6) is -2.91. The summed E-state index contributed by atoms with van der Waals surface area (Å²) < 4.78 is 0.798. The first-order valence-electron chi connectivity index (χ1n) is 10.2. The summed E-state index contributed by atoms with van der Waals surface area (Å²) in [6.07, 6.45) is 1.52. The molecule has 0 aromatic heterocycles. The van der Waals surface area contributed by atoms with Crippen LogP contribution in [0.15, 0.2) is 58.6 Å². The maximum Gasteiger partial charge on any atom is 0.303 e. The molecule has 0 aliphatic carbocycles. The van der Waals surface area contributed by atoms with Gasteiger partial charge in [0.05, 0.1) is 16.5 Å². The Kier molecular flexibility index (Phi) is 7.59. The summed E-state index contributed by atoms with van der Waals surface area (Å²) in [5, 5.41) is 30.6. The van der Waals surface area contributed by atoms with E-state index in [1.165, 1.54) is 29.2 Å². The molecule has 1 amide bonds. The number of aliphatic hydroxyl groups excluding tert-OH is 1. The second-order valence-electron chi connectivity index (χ2n) is 7.55. The number of carboxylic acids is 1. The van der Waals surface area contributed by atoms with E-state index in [2.05, 4.69) is 15.9 Å². The van der Waals surface area contributed by atoms with Crippen molar-refractivity contribution in [2.75, 3.05) is 6.54 Å². The van der Waals surface area contributed by atoms with Gasteiger partial charge in [0.15, 0.2) is 0 Å². The van der Waals surface area contributed by atoms with Gasteiger partial charge in [-0.3, -0.25) is 24.5 Å². The second kappa shape index (κ2) is 10.4. The fraction of sp³-hybridized carbons (Fsp3) is 0.261. The summed E-state index contributed by atoms with van der Waals surface area (Å²) >= 11 is 3.35. The minimum atomic E-state index is -0.895. The highest BCUT2D eigenvalue weighted by Gasteiger charge is 2.45. The molecule has 0 bridgehead atoms. The summed E-state index contributed by atoms with van der Waals surface area (Å²) in [7, 11) is 0. The summed E-state index contributed by atoms with van der Waals surface area (Å²) in [4.78, 5) is 48.2. The van der Waals surface area contributed by atoms with E-state index in [-0.39, 0.29) is 29.8 Å². The Labute approximate surface area is 197 Å². The third-order valence-corrected chi connectivity index (χ3v) is 5.90. The largest absolute Gasteiger partial charge is 0.507 e. The molecule has 2 N–H and O–H groups in total. The highest BCUT2D eigenvalue weighted by molar-refractivity contribution is 9.10. The number of ketones is 1. The van der Waals surface area contributed by atoms with Crippen LogP contribution >= 0.6 is 15.9 Å². The number of hydrogen-bond acceptors (Lipinski definition) is 6. The summed E-state index contributed by atoms with van der Waals surface area (Å²) in [6.45, 7) is 0.210. The molecule has 1 aliphatic rings. The Balaban J connectivity index is 1.97. The Bertz CT molecular complexity index is 1110. The van der Waals surface area contributed by atoms with Crippen LogP contribution in [0.1, 0.15) is 42.9 Å². The smallest absolute Gasteiger partial charge is 0.303 e. The first-order chi connectivity index (χ1) is 15.7. The molecule has 0 spiro atoms. The van der Waals surface area contributed by atoms with E-state index in [0.717, 1.165) is 4.47 Å². The van der Waals surface area contributed by atoms with Crippen LogP contribution in [-0.4, -0.2) is 44.2 Å². The van der Waals surface area contributed by atoms with Gasteiger partial charge in [-0.1, -0.05) is 34.5 Å². The van der Waals surface area contributed by atoms with E-state index < -0.39 is 34.4 Å². The molecule has 172 valence electrons. The number of nitro benzene ring substituents is 1. The second-order valence-corrected chi connectivity index (χ2v) is 8.47. The van der Waals surface area contributed by atoms with Crippen LogP contribution in [0.5, 0.6) is 0 Å². The molecule has 2 aromatic rings. The maximum atomic E-state index is 12.9. The number of carbonyl (C=O) groups is 3. The Morgan fingerprint density at radius 1 is 1.00 bits per heavy atom. The number of carboxylic acid groups (broad SMARTS) is 1. The standard InChI is InChI=1S/C23H21BrN2O7/c24-16-9-5-14(6-10-16)20-19(21(29)15-7-11-17(12-8-15)26(32)33)22(30)23(31)25(20)13-3-1-2-4-18(27)28/h5-12,20,29H,1-4,13H2,(H,27,28)/b21-19+. The fourth-order valence-electron chi connectivity index (χ4n) is 3.73. The van der Waals surface area contributed by atoms with Crippen molar-refractivity contribution in [2.45, 2.75) is 31.7 Å². The number of halogens is 1. The van der Waals surface area contributed by atoms with Gasteiger partial charge in [0, 0.05) is 35.1 Å². The van der Waals surface area contributed by atoms with Crippen molar-refractivity contribution in [3.05, 3.63) is 79.8 Å². The van der Waals surface area contributed by atoms with Gasteiger partial charge >= 0.3 is 5.97 Å². The molecular weight excluding hydrogens is 496 g/mol. The number of aliphatic hydroxyl groups is 1. The Morgan fingerprint density at radius 3 is 2.21 bits per heavy atom. The number of hydrogen-bond donors (Lipinski definition) is 2. The van der Waals surface area contributed by atoms with Crippen LogP contribution in [0.4, 0.5) is 5.69 Å². The third-order valence-electron chi connectivity index (χ3n) is 5.37. The van der Waals surface area contributed by atoms with Gasteiger partial charge in [0.2, 0.25) is 0 Å². The van der Waals surface area contributed by atoms with Crippen molar-refractivity contribution in [1.29, 1.82) is 0 Å². The number of likely N-dealkylation sites (tertiary alicyclic amines) is 1. The maximum absolute atomic E-state index is 12.9. The summed E-state index contributed by atoms with van der Waals surface area (Å²) in [5.41, 5.74) is 0.535. The molecule has 1 fully saturated rings. The van der Waals surface area contributed by atoms with E-state index in [1.54, 1.807) is 24.3 Å². The fourth-order valence-corrected chi connectivity index (χ4v) is 4.00. The van der Waals surface area contributed by atoms with Crippen LogP contribution in [-0.2, 0) is 14.4 Å². The van der Waals surface area contributed by atoms with Crippen LogP contribution in [0, 0.1) is 10.1 Å². The van der Waals surface area contributed by atoms with Gasteiger partial charge < -0.3 is 15.1 Å². The monoisotopic (exact) mass is 516 g/mol.